The number of nitrogens with one attached hydrogen (secondary N) is 1. The molecule has 9 nitrogen and oxygen atoms in total. The molecule has 4 rings (SSSR count). The summed E-state index contributed by atoms with van der Waals surface area (Å²) in [6.45, 7) is -0.331. The van der Waals surface area contributed by atoms with Gasteiger partial charge in [0.25, 0.3) is 5.91 Å². The van der Waals surface area contributed by atoms with Crippen molar-refractivity contribution in [3.8, 4) is 11.5 Å². The van der Waals surface area contributed by atoms with Gasteiger partial charge in [0.15, 0.2) is 6.61 Å². The summed E-state index contributed by atoms with van der Waals surface area (Å²) in [4.78, 5) is 39.9. The van der Waals surface area contributed by atoms with Crippen molar-refractivity contribution < 1.29 is 24.0 Å². The molecule has 1 N–H and O–H groups in total. The fraction of sp³-hybridized carbons (Fsp3) is 0.355. The zero-order chi connectivity index (χ0) is 30.1. The first kappa shape index (κ1) is 31.1. The highest BCUT2D eigenvalue weighted by atomic mass is 35.5. The molecule has 0 saturated heterocycles. The van der Waals surface area contributed by atoms with Gasteiger partial charge in [-0.3, -0.25) is 19.7 Å². The zero-order valence-corrected chi connectivity index (χ0v) is 24.8. The zero-order valence-electron chi connectivity index (χ0n) is 23.3. The molecule has 1 fully saturated rings. The van der Waals surface area contributed by atoms with Crippen molar-refractivity contribution in [3.63, 3.8) is 0 Å². The number of ether oxygens (including phenoxy) is 2. The summed E-state index contributed by atoms with van der Waals surface area (Å²) in [5.74, 6) is -0.465. The minimum atomic E-state index is -0.841. The second kappa shape index (κ2) is 14.9. The Kier molecular flexibility index (Phi) is 11.0. The van der Waals surface area contributed by atoms with Crippen LogP contribution in [0.3, 0.4) is 0 Å². The first-order valence-corrected chi connectivity index (χ1v) is 14.5. The number of methoxy groups -OCH3 is 1. The van der Waals surface area contributed by atoms with Gasteiger partial charge in [-0.15, -0.1) is 0 Å². The van der Waals surface area contributed by atoms with Crippen LogP contribution >= 0.6 is 23.2 Å². The summed E-state index contributed by atoms with van der Waals surface area (Å²) in [6.07, 6.45) is 5.33. The van der Waals surface area contributed by atoms with E-state index in [1.807, 2.05) is 30.3 Å². The molecule has 11 heteroatoms. The van der Waals surface area contributed by atoms with Gasteiger partial charge in [0.05, 0.1) is 22.1 Å². The van der Waals surface area contributed by atoms with Crippen LogP contribution in [0.4, 0.5) is 5.69 Å². The maximum Gasteiger partial charge on any atom is 0.311 e. The molecule has 1 saturated carbocycles. The number of nitrogens with zero attached hydrogens (tertiary/aromatic N) is 2. The molecule has 222 valence electrons. The maximum absolute atomic E-state index is 13.9. The molecule has 0 spiro atoms. The summed E-state index contributed by atoms with van der Waals surface area (Å²) >= 11 is 12.4. The minimum Gasteiger partial charge on any atom is -0.490 e. The lowest BCUT2D eigenvalue weighted by Crippen LogP contribution is -2.53. The van der Waals surface area contributed by atoms with Crippen LogP contribution in [-0.2, 0) is 22.6 Å². The standard InChI is InChI=1S/C31H33Cl2N3O6/c1-41-29-18-24(13-15-27(29)36(39)40)42-20-30(37)35(19-22-12-14-25(32)26(33)16-22)28(17-21-8-4-2-5-9-21)31(38)34-23-10-6-3-7-11-23/h2,4-5,8-9,12-16,18,23,28H,3,6-7,10-11,17,19-20H2,1H3,(H,34,38). The number of nitro groups is 1. The van der Waals surface area contributed by atoms with Crippen LogP contribution in [0, 0.1) is 10.1 Å². The predicted octanol–water partition coefficient (Wildman–Crippen LogP) is 6.38. The average molecular weight is 615 g/mol. The highest BCUT2D eigenvalue weighted by Gasteiger charge is 2.32. The highest BCUT2D eigenvalue weighted by Crippen LogP contribution is 2.31. The number of amides is 2. The Labute approximate surface area is 254 Å². The van der Waals surface area contributed by atoms with Crippen LogP contribution < -0.4 is 14.8 Å². The Balaban J connectivity index is 1.63. The van der Waals surface area contributed by atoms with Crippen molar-refractivity contribution in [2.24, 2.45) is 0 Å². The first-order chi connectivity index (χ1) is 20.2. The van der Waals surface area contributed by atoms with E-state index in [1.54, 1.807) is 18.2 Å². The van der Waals surface area contributed by atoms with E-state index in [0.29, 0.717) is 15.6 Å². The molecule has 1 aliphatic carbocycles. The van der Waals surface area contributed by atoms with Gasteiger partial charge in [0.2, 0.25) is 11.7 Å². The number of hydrogen-bond donors (Lipinski definition) is 1. The summed E-state index contributed by atoms with van der Waals surface area (Å²) in [7, 11) is 1.31. The van der Waals surface area contributed by atoms with E-state index in [9.17, 15) is 19.7 Å². The molecule has 0 aliphatic heterocycles. The van der Waals surface area contributed by atoms with Crippen molar-refractivity contribution in [1.29, 1.82) is 0 Å². The van der Waals surface area contributed by atoms with E-state index in [0.717, 1.165) is 37.7 Å². The van der Waals surface area contributed by atoms with Crippen molar-refractivity contribution in [2.45, 2.75) is 57.2 Å². The largest absolute Gasteiger partial charge is 0.490 e. The lowest BCUT2D eigenvalue weighted by atomic mass is 9.94. The summed E-state index contributed by atoms with van der Waals surface area (Å²) in [5, 5.41) is 15.2. The predicted molar refractivity (Wildman–Crippen MR) is 161 cm³/mol. The van der Waals surface area contributed by atoms with Gasteiger partial charge in [0, 0.05) is 31.1 Å². The molecule has 42 heavy (non-hydrogen) atoms. The Morgan fingerprint density at radius 2 is 1.74 bits per heavy atom. The minimum absolute atomic E-state index is 0.00595. The molecule has 0 bridgehead atoms. The molecule has 3 aromatic rings. The van der Waals surface area contributed by atoms with Gasteiger partial charge in [-0.2, -0.15) is 0 Å². The molecule has 1 atom stereocenters. The molecule has 2 amide bonds. The number of hydrogen-bond acceptors (Lipinski definition) is 6. The number of halogens is 2. The molecule has 0 aromatic heterocycles. The van der Waals surface area contributed by atoms with Crippen LogP contribution in [0.5, 0.6) is 11.5 Å². The first-order valence-electron chi connectivity index (χ1n) is 13.8. The summed E-state index contributed by atoms with van der Waals surface area (Å²) in [6, 6.07) is 17.8. The van der Waals surface area contributed by atoms with Crippen LogP contribution in [0.15, 0.2) is 66.7 Å². The van der Waals surface area contributed by atoms with E-state index in [2.05, 4.69) is 5.32 Å². The van der Waals surface area contributed by atoms with Gasteiger partial charge in [0.1, 0.15) is 11.8 Å². The van der Waals surface area contributed by atoms with Crippen LogP contribution in [-0.4, -0.2) is 47.4 Å². The third-order valence-corrected chi connectivity index (χ3v) is 8.01. The number of nitro benzene ring substituents is 1. The van der Waals surface area contributed by atoms with E-state index >= 15 is 0 Å². The Morgan fingerprint density at radius 3 is 2.40 bits per heavy atom. The van der Waals surface area contributed by atoms with Gasteiger partial charge in [-0.1, -0.05) is 78.9 Å². The molecular formula is C31H33Cl2N3O6. The Hall–Kier alpha value is -3.82. The average Bonchev–Trinajstić information content (AvgIpc) is 3.00. The fourth-order valence-corrected chi connectivity index (χ4v) is 5.38. The van der Waals surface area contributed by atoms with E-state index < -0.39 is 23.5 Å². The van der Waals surface area contributed by atoms with Crippen molar-refractivity contribution in [3.05, 3.63) is 98.0 Å². The monoisotopic (exact) mass is 613 g/mol. The smallest absolute Gasteiger partial charge is 0.311 e. The summed E-state index contributed by atoms with van der Waals surface area (Å²) in [5.41, 5.74) is 1.37. The lowest BCUT2D eigenvalue weighted by Gasteiger charge is -2.33. The van der Waals surface area contributed by atoms with Crippen molar-refractivity contribution in [1.82, 2.24) is 10.2 Å². The SMILES string of the molecule is COc1cc(OCC(=O)N(Cc2ccc(Cl)c(Cl)c2)C(Cc2ccccc2)C(=O)NC2CCCCC2)ccc1[N+](=O)[O-]. The van der Waals surface area contributed by atoms with E-state index in [-0.39, 0.29) is 42.1 Å². The van der Waals surface area contributed by atoms with Gasteiger partial charge in [-0.05, 0) is 42.2 Å². The fourth-order valence-electron chi connectivity index (χ4n) is 5.06. The Bertz CT molecular complexity index is 1400. The molecule has 0 heterocycles. The number of benzene rings is 3. The molecule has 1 aliphatic rings. The summed E-state index contributed by atoms with van der Waals surface area (Å²) < 4.78 is 10.9. The Morgan fingerprint density at radius 1 is 1.00 bits per heavy atom. The molecule has 3 aromatic carbocycles. The topological polar surface area (TPSA) is 111 Å². The number of carbonyl (C=O) groups is 2. The van der Waals surface area contributed by atoms with Crippen LogP contribution in [0.2, 0.25) is 10.0 Å². The second-order valence-corrected chi connectivity index (χ2v) is 11.0. The third-order valence-electron chi connectivity index (χ3n) is 7.27. The number of carbonyl (C=O) groups excluding carboxylic acids is 2. The molecule has 0 radical (unpaired) electrons. The number of rotatable bonds is 12. The second-order valence-electron chi connectivity index (χ2n) is 10.2. The third kappa shape index (κ3) is 8.36. The van der Waals surface area contributed by atoms with Crippen molar-refractivity contribution >= 4 is 40.7 Å². The van der Waals surface area contributed by atoms with Gasteiger partial charge >= 0.3 is 5.69 Å². The van der Waals surface area contributed by atoms with Gasteiger partial charge in [-0.25, -0.2) is 0 Å². The van der Waals surface area contributed by atoms with Crippen LogP contribution in [0.1, 0.15) is 43.2 Å². The highest BCUT2D eigenvalue weighted by molar-refractivity contribution is 6.42. The van der Waals surface area contributed by atoms with Gasteiger partial charge < -0.3 is 19.7 Å². The van der Waals surface area contributed by atoms with E-state index in [4.69, 9.17) is 32.7 Å². The van der Waals surface area contributed by atoms with Crippen molar-refractivity contribution in [2.75, 3.05) is 13.7 Å². The quantitative estimate of drug-likeness (QED) is 0.187. The maximum atomic E-state index is 13.9. The molecular weight excluding hydrogens is 581 g/mol. The molecule has 1 unspecified atom stereocenters. The lowest BCUT2D eigenvalue weighted by molar-refractivity contribution is -0.385. The van der Waals surface area contributed by atoms with Crippen LogP contribution in [0.25, 0.3) is 0 Å². The van der Waals surface area contributed by atoms with E-state index in [1.165, 1.54) is 30.2 Å². The normalized spacial score (nSPS) is 14.1.